The Morgan fingerprint density at radius 1 is 1.19 bits per heavy atom. The number of benzene rings is 1. The molecule has 1 aromatic heterocycles. The molecule has 2 heterocycles. The summed E-state index contributed by atoms with van der Waals surface area (Å²) in [5.41, 5.74) is 4.77. The number of hydrogen-bond donors (Lipinski definition) is 1. The van der Waals surface area contributed by atoms with E-state index in [2.05, 4.69) is 27.6 Å². The van der Waals surface area contributed by atoms with Gasteiger partial charge < -0.3 is 4.90 Å². The van der Waals surface area contributed by atoms with Crippen molar-refractivity contribution in [2.24, 2.45) is 5.10 Å². The fraction of sp³-hybridized carbons (Fsp3) is 0.250. The number of hydrazone groups is 1. The van der Waals surface area contributed by atoms with Crippen molar-refractivity contribution in [3.8, 4) is 0 Å². The van der Waals surface area contributed by atoms with Crippen molar-refractivity contribution in [2.75, 3.05) is 18.0 Å². The Balaban J connectivity index is 1.57. The number of anilines is 1. The number of carbonyl (C=O) groups is 1. The summed E-state index contributed by atoms with van der Waals surface area (Å²) < 4.78 is 0. The Morgan fingerprint density at radius 2 is 1.95 bits per heavy atom. The number of amides is 1. The summed E-state index contributed by atoms with van der Waals surface area (Å²) in [6, 6.07) is 11.9. The Hall–Kier alpha value is -2.14. The molecule has 1 aromatic carbocycles. The van der Waals surface area contributed by atoms with E-state index in [1.54, 1.807) is 12.3 Å². The number of carbonyl (C=O) groups excluding carboxylic acids is 1. The largest absolute Gasteiger partial charge is 0.372 e. The van der Waals surface area contributed by atoms with Gasteiger partial charge >= 0.3 is 0 Å². The first-order chi connectivity index (χ1) is 10.3. The molecule has 5 heteroatoms. The second-order valence-corrected chi connectivity index (χ2v) is 5.91. The summed E-state index contributed by atoms with van der Waals surface area (Å²) in [6.07, 6.45) is 4.22. The highest BCUT2D eigenvalue weighted by molar-refractivity contribution is 7.12. The zero-order valence-electron chi connectivity index (χ0n) is 11.7. The zero-order valence-corrected chi connectivity index (χ0v) is 12.5. The summed E-state index contributed by atoms with van der Waals surface area (Å²) in [5, 5.41) is 5.86. The van der Waals surface area contributed by atoms with Crippen LogP contribution < -0.4 is 10.3 Å². The molecular weight excluding hydrogens is 282 g/mol. The van der Waals surface area contributed by atoms with E-state index in [4.69, 9.17) is 0 Å². The highest BCUT2D eigenvalue weighted by Crippen LogP contribution is 2.19. The highest BCUT2D eigenvalue weighted by atomic mass is 32.1. The maximum atomic E-state index is 11.7. The maximum Gasteiger partial charge on any atom is 0.281 e. The van der Waals surface area contributed by atoms with Gasteiger partial charge in [-0.05, 0) is 42.0 Å². The monoisotopic (exact) mass is 299 g/mol. The van der Waals surface area contributed by atoms with Crippen LogP contribution in [-0.4, -0.2) is 25.2 Å². The molecule has 1 aliphatic rings. The molecule has 1 aliphatic heterocycles. The maximum absolute atomic E-state index is 11.7. The van der Waals surface area contributed by atoms with E-state index in [0.29, 0.717) is 4.88 Å². The lowest BCUT2D eigenvalue weighted by molar-refractivity contribution is 0.0959. The molecule has 1 fully saturated rings. The molecule has 0 spiro atoms. The fourth-order valence-electron chi connectivity index (χ4n) is 2.37. The molecule has 108 valence electrons. The molecule has 1 N–H and O–H groups in total. The van der Waals surface area contributed by atoms with Crippen LogP contribution in [0.5, 0.6) is 0 Å². The number of thiophene rings is 1. The van der Waals surface area contributed by atoms with Crippen LogP contribution in [0.3, 0.4) is 0 Å². The van der Waals surface area contributed by atoms with Crippen LogP contribution in [0.25, 0.3) is 0 Å². The van der Waals surface area contributed by atoms with Crippen molar-refractivity contribution in [3.05, 3.63) is 52.2 Å². The van der Waals surface area contributed by atoms with Crippen molar-refractivity contribution in [1.29, 1.82) is 0 Å². The lowest BCUT2D eigenvalue weighted by atomic mass is 10.2. The van der Waals surface area contributed by atoms with E-state index in [0.717, 1.165) is 18.7 Å². The predicted molar refractivity (Wildman–Crippen MR) is 87.3 cm³/mol. The average molecular weight is 299 g/mol. The molecule has 0 bridgehead atoms. The summed E-state index contributed by atoms with van der Waals surface area (Å²) in [4.78, 5) is 14.8. The smallest absolute Gasteiger partial charge is 0.281 e. The van der Waals surface area contributed by atoms with Gasteiger partial charge in [0.25, 0.3) is 5.91 Å². The Labute approximate surface area is 128 Å². The molecule has 21 heavy (non-hydrogen) atoms. The Bertz CT molecular complexity index is 613. The van der Waals surface area contributed by atoms with E-state index in [-0.39, 0.29) is 5.91 Å². The number of nitrogens with one attached hydrogen (secondary N) is 1. The lowest BCUT2D eigenvalue weighted by Crippen LogP contribution is -2.17. The quantitative estimate of drug-likeness (QED) is 0.696. The molecule has 0 aliphatic carbocycles. The standard InChI is InChI=1S/C16H17N3OS/c20-16(15-4-3-11-21-15)18-17-12-13-5-7-14(8-6-13)19-9-1-2-10-19/h3-8,11-12H,1-2,9-10H2,(H,18,20). The van der Waals surface area contributed by atoms with Gasteiger partial charge in [0.2, 0.25) is 0 Å². The van der Waals surface area contributed by atoms with Crippen molar-refractivity contribution in [3.63, 3.8) is 0 Å². The average Bonchev–Trinajstić information content (AvgIpc) is 3.21. The Kier molecular flexibility index (Phi) is 4.31. The third kappa shape index (κ3) is 3.49. The van der Waals surface area contributed by atoms with Crippen LogP contribution in [0.4, 0.5) is 5.69 Å². The minimum Gasteiger partial charge on any atom is -0.372 e. The molecule has 0 radical (unpaired) electrons. The van der Waals surface area contributed by atoms with E-state index in [1.807, 2.05) is 23.6 Å². The third-order valence-corrected chi connectivity index (χ3v) is 4.36. The first kappa shape index (κ1) is 13.8. The summed E-state index contributed by atoms with van der Waals surface area (Å²) in [7, 11) is 0. The summed E-state index contributed by atoms with van der Waals surface area (Å²) >= 11 is 1.40. The SMILES string of the molecule is O=C(NN=Cc1ccc(N2CCCC2)cc1)c1cccs1. The van der Waals surface area contributed by atoms with Gasteiger partial charge in [-0.25, -0.2) is 5.43 Å². The summed E-state index contributed by atoms with van der Waals surface area (Å²) in [5.74, 6) is -0.171. The second kappa shape index (κ2) is 6.54. The number of rotatable bonds is 4. The van der Waals surface area contributed by atoms with Crippen LogP contribution in [-0.2, 0) is 0 Å². The number of hydrogen-bond acceptors (Lipinski definition) is 4. The van der Waals surface area contributed by atoms with E-state index in [1.165, 1.54) is 29.9 Å². The minimum atomic E-state index is -0.171. The van der Waals surface area contributed by atoms with Gasteiger partial charge in [0.15, 0.2) is 0 Å². The van der Waals surface area contributed by atoms with Gasteiger partial charge in [0.05, 0.1) is 11.1 Å². The minimum absolute atomic E-state index is 0.171. The van der Waals surface area contributed by atoms with Gasteiger partial charge in [0.1, 0.15) is 0 Å². The lowest BCUT2D eigenvalue weighted by Gasteiger charge is -2.17. The van der Waals surface area contributed by atoms with Gasteiger partial charge in [0, 0.05) is 18.8 Å². The van der Waals surface area contributed by atoms with Crippen molar-refractivity contribution in [1.82, 2.24) is 5.43 Å². The van der Waals surface area contributed by atoms with E-state index in [9.17, 15) is 4.79 Å². The van der Waals surface area contributed by atoms with E-state index < -0.39 is 0 Å². The topological polar surface area (TPSA) is 44.7 Å². The van der Waals surface area contributed by atoms with Crippen LogP contribution in [0.2, 0.25) is 0 Å². The number of nitrogens with zero attached hydrogens (tertiary/aromatic N) is 2. The first-order valence-electron chi connectivity index (χ1n) is 7.05. The van der Waals surface area contributed by atoms with E-state index >= 15 is 0 Å². The Morgan fingerprint density at radius 3 is 2.62 bits per heavy atom. The zero-order chi connectivity index (χ0) is 14.5. The van der Waals surface area contributed by atoms with Crippen molar-refractivity contribution < 1.29 is 4.79 Å². The molecular formula is C16H17N3OS. The van der Waals surface area contributed by atoms with Crippen LogP contribution in [0, 0.1) is 0 Å². The van der Waals surface area contributed by atoms with Crippen molar-refractivity contribution in [2.45, 2.75) is 12.8 Å². The molecule has 2 aromatic rings. The molecule has 0 atom stereocenters. The van der Waals surface area contributed by atoms with Gasteiger partial charge in [-0.15, -0.1) is 11.3 Å². The van der Waals surface area contributed by atoms with Crippen LogP contribution >= 0.6 is 11.3 Å². The molecule has 1 saturated heterocycles. The normalized spacial score (nSPS) is 14.8. The van der Waals surface area contributed by atoms with Gasteiger partial charge in [-0.2, -0.15) is 5.10 Å². The molecule has 4 nitrogen and oxygen atoms in total. The fourth-order valence-corrected chi connectivity index (χ4v) is 2.99. The van der Waals surface area contributed by atoms with Gasteiger partial charge in [-0.1, -0.05) is 18.2 Å². The molecule has 3 rings (SSSR count). The molecule has 1 amide bonds. The molecule has 0 saturated carbocycles. The predicted octanol–water partition coefficient (Wildman–Crippen LogP) is 3.11. The van der Waals surface area contributed by atoms with Crippen LogP contribution in [0.15, 0.2) is 46.9 Å². The molecule has 0 unspecified atom stereocenters. The second-order valence-electron chi connectivity index (χ2n) is 4.96. The third-order valence-electron chi connectivity index (χ3n) is 3.49. The summed E-state index contributed by atoms with van der Waals surface area (Å²) in [6.45, 7) is 2.29. The highest BCUT2D eigenvalue weighted by Gasteiger charge is 2.11. The van der Waals surface area contributed by atoms with Crippen molar-refractivity contribution >= 4 is 29.1 Å². The van der Waals surface area contributed by atoms with Crippen LogP contribution in [0.1, 0.15) is 28.1 Å². The van der Waals surface area contributed by atoms with Gasteiger partial charge in [-0.3, -0.25) is 4.79 Å². The first-order valence-corrected chi connectivity index (χ1v) is 7.93.